The van der Waals surface area contributed by atoms with Crippen LogP contribution in [0, 0.1) is 11.8 Å². The summed E-state index contributed by atoms with van der Waals surface area (Å²) in [6, 6.07) is -0.789. The summed E-state index contributed by atoms with van der Waals surface area (Å²) in [7, 11) is 3.44. The number of carbonyl (C=O) groups excluding carboxylic acids is 2. The summed E-state index contributed by atoms with van der Waals surface area (Å²) in [6.07, 6.45) is 2.34. The Morgan fingerprint density at radius 3 is 2.75 bits per heavy atom. The van der Waals surface area contributed by atoms with E-state index in [0.29, 0.717) is 23.6 Å². The predicted octanol–water partition coefficient (Wildman–Crippen LogP) is -0.377. The third-order valence-corrected chi connectivity index (χ3v) is 8.13. The topological polar surface area (TPSA) is 147 Å². The highest BCUT2D eigenvalue weighted by Gasteiger charge is 2.60. The molecule has 11 nitrogen and oxygen atoms in total. The van der Waals surface area contributed by atoms with Gasteiger partial charge in [-0.15, -0.1) is 16.9 Å². The highest BCUT2D eigenvalue weighted by Crippen LogP contribution is 2.53. The van der Waals surface area contributed by atoms with Crippen molar-refractivity contribution in [1.29, 1.82) is 0 Å². The largest absolute Gasteiger partial charge is 0.477 e. The Morgan fingerprint density at radius 1 is 1.44 bits per heavy atom. The Kier molecular flexibility index (Phi) is 6.03. The first-order chi connectivity index (χ1) is 15.1. The molecule has 0 radical (unpaired) electrons. The lowest BCUT2D eigenvalue weighted by molar-refractivity contribution is -0.159. The zero-order valence-electron chi connectivity index (χ0n) is 18.6. The van der Waals surface area contributed by atoms with Gasteiger partial charge in [-0.3, -0.25) is 9.59 Å². The van der Waals surface area contributed by atoms with Gasteiger partial charge in [0.05, 0.1) is 35.9 Å². The van der Waals surface area contributed by atoms with Gasteiger partial charge in [-0.25, -0.2) is 9.48 Å². The fourth-order valence-corrected chi connectivity index (χ4v) is 6.40. The van der Waals surface area contributed by atoms with Crippen LogP contribution in [0.15, 0.2) is 16.8 Å². The molecule has 0 spiro atoms. The maximum absolute atomic E-state index is 13.1. The number of β-lactam (4-membered cyclic amide) rings is 1. The number of carboxylic acids is 1. The number of carboxylic acid groups (broad SMARTS) is 1. The van der Waals surface area contributed by atoms with Crippen LogP contribution >= 0.6 is 11.8 Å². The second kappa shape index (κ2) is 8.49. The molecule has 0 aliphatic carbocycles. The molecule has 4 heterocycles. The van der Waals surface area contributed by atoms with Gasteiger partial charge in [-0.05, 0) is 13.3 Å². The number of fused-ring (bicyclic) bond motifs is 1. The number of amides is 2. The third kappa shape index (κ3) is 3.59. The fraction of sp³-hybridized carbons (Fsp3) is 0.650. The number of nitrogens with two attached hydrogens (primary N) is 1. The SMILES string of the molecule is C[C@H]([C@H]1C(=O)N2C(C(=O)O)=C(S[C@@H]3CN[C@H](C(=O)N(C)C)C3)[C@H](C)[C@H]12)n1cc(CN)nn1. The molecular formula is C20H29N7O4S. The monoisotopic (exact) mass is 463 g/mol. The van der Waals surface area contributed by atoms with Crippen LogP contribution in [0.3, 0.4) is 0 Å². The molecule has 0 unspecified atom stereocenters. The molecule has 2 saturated heterocycles. The molecule has 2 amide bonds. The van der Waals surface area contributed by atoms with Crippen molar-refractivity contribution in [3.8, 4) is 0 Å². The minimum atomic E-state index is -1.10. The molecule has 0 aromatic carbocycles. The van der Waals surface area contributed by atoms with Crippen LogP contribution in [-0.2, 0) is 20.9 Å². The van der Waals surface area contributed by atoms with Crippen LogP contribution in [0.5, 0.6) is 0 Å². The lowest BCUT2D eigenvalue weighted by Gasteiger charge is -2.47. The first kappa shape index (κ1) is 22.7. The lowest BCUT2D eigenvalue weighted by Crippen LogP contribution is -2.62. The van der Waals surface area contributed by atoms with Gasteiger partial charge in [0.2, 0.25) is 11.8 Å². The van der Waals surface area contributed by atoms with Gasteiger partial charge in [0, 0.05) is 43.3 Å². The number of aliphatic carboxylic acids is 1. The zero-order valence-corrected chi connectivity index (χ0v) is 19.4. The van der Waals surface area contributed by atoms with Gasteiger partial charge in [0.15, 0.2) is 0 Å². The van der Waals surface area contributed by atoms with Crippen LogP contribution in [0.4, 0.5) is 0 Å². The highest BCUT2D eigenvalue weighted by molar-refractivity contribution is 8.03. The number of nitrogens with zero attached hydrogens (tertiary/aromatic N) is 5. The summed E-state index contributed by atoms with van der Waals surface area (Å²) in [5.74, 6) is -1.82. The van der Waals surface area contributed by atoms with E-state index in [1.165, 1.54) is 16.7 Å². The summed E-state index contributed by atoms with van der Waals surface area (Å²) in [5.41, 5.74) is 6.33. The van der Waals surface area contributed by atoms with E-state index in [1.54, 1.807) is 29.9 Å². The molecule has 32 heavy (non-hydrogen) atoms. The van der Waals surface area contributed by atoms with Gasteiger partial charge in [0.25, 0.3) is 0 Å². The number of carbonyl (C=O) groups is 3. The van der Waals surface area contributed by atoms with Gasteiger partial charge in [0.1, 0.15) is 5.70 Å². The average molecular weight is 464 g/mol. The number of aromatic nitrogens is 3. The molecule has 2 fully saturated rings. The molecule has 4 N–H and O–H groups in total. The minimum absolute atomic E-state index is 0.0116. The molecular weight excluding hydrogens is 434 g/mol. The van der Waals surface area contributed by atoms with Gasteiger partial charge < -0.3 is 26.0 Å². The quantitative estimate of drug-likeness (QED) is 0.461. The van der Waals surface area contributed by atoms with E-state index in [-0.39, 0.29) is 53.3 Å². The molecule has 12 heteroatoms. The van der Waals surface area contributed by atoms with Crippen molar-refractivity contribution < 1.29 is 19.5 Å². The zero-order chi connectivity index (χ0) is 23.3. The molecule has 0 saturated carbocycles. The minimum Gasteiger partial charge on any atom is -0.477 e. The van der Waals surface area contributed by atoms with Crippen LogP contribution in [0.2, 0.25) is 0 Å². The molecule has 1 aromatic heterocycles. The smallest absolute Gasteiger partial charge is 0.353 e. The summed E-state index contributed by atoms with van der Waals surface area (Å²) >= 11 is 1.48. The van der Waals surface area contributed by atoms with Crippen LogP contribution in [0.25, 0.3) is 0 Å². The Bertz CT molecular complexity index is 977. The van der Waals surface area contributed by atoms with Crippen molar-refractivity contribution in [2.75, 3.05) is 20.6 Å². The maximum Gasteiger partial charge on any atom is 0.353 e. The van der Waals surface area contributed by atoms with E-state index >= 15 is 0 Å². The van der Waals surface area contributed by atoms with Gasteiger partial charge in [-0.2, -0.15) is 0 Å². The van der Waals surface area contributed by atoms with Crippen molar-refractivity contribution in [3.63, 3.8) is 0 Å². The molecule has 3 aliphatic heterocycles. The van der Waals surface area contributed by atoms with Crippen molar-refractivity contribution in [2.24, 2.45) is 17.6 Å². The Labute approximate surface area is 190 Å². The van der Waals surface area contributed by atoms with Crippen molar-refractivity contribution in [1.82, 2.24) is 30.1 Å². The number of rotatable bonds is 7. The van der Waals surface area contributed by atoms with Crippen molar-refractivity contribution >= 4 is 29.5 Å². The number of nitrogens with one attached hydrogen (secondary N) is 1. The van der Waals surface area contributed by atoms with Crippen molar-refractivity contribution in [3.05, 3.63) is 22.5 Å². The van der Waals surface area contributed by atoms with Crippen molar-refractivity contribution in [2.45, 2.75) is 50.2 Å². The number of hydrogen-bond acceptors (Lipinski definition) is 8. The Morgan fingerprint density at radius 2 is 2.16 bits per heavy atom. The predicted molar refractivity (Wildman–Crippen MR) is 117 cm³/mol. The Balaban J connectivity index is 1.53. The lowest BCUT2D eigenvalue weighted by atomic mass is 9.78. The van der Waals surface area contributed by atoms with Gasteiger partial charge >= 0.3 is 5.97 Å². The van der Waals surface area contributed by atoms with Crippen LogP contribution in [-0.4, -0.2) is 85.7 Å². The average Bonchev–Trinajstić information content (AvgIpc) is 3.46. The second-order valence-electron chi connectivity index (χ2n) is 8.83. The molecule has 3 aliphatic rings. The summed E-state index contributed by atoms with van der Waals surface area (Å²) in [5, 5.41) is 21.3. The molecule has 0 bridgehead atoms. The van der Waals surface area contributed by atoms with E-state index in [2.05, 4.69) is 15.6 Å². The van der Waals surface area contributed by atoms with E-state index in [0.717, 1.165) is 0 Å². The van der Waals surface area contributed by atoms with E-state index in [4.69, 9.17) is 5.73 Å². The number of thioether (sulfide) groups is 1. The van der Waals surface area contributed by atoms with Crippen LogP contribution < -0.4 is 11.1 Å². The molecule has 1 aromatic rings. The maximum atomic E-state index is 13.1. The van der Waals surface area contributed by atoms with E-state index in [1.807, 2.05) is 13.8 Å². The molecule has 174 valence electrons. The highest BCUT2D eigenvalue weighted by atomic mass is 32.2. The molecule has 6 atom stereocenters. The van der Waals surface area contributed by atoms with Crippen LogP contribution in [0.1, 0.15) is 32.0 Å². The first-order valence-electron chi connectivity index (χ1n) is 10.7. The summed E-state index contributed by atoms with van der Waals surface area (Å²) in [4.78, 5) is 41.2. The number of likely N-dealkylation sites (N-methyl/N-ethyl adjacent to an activating group) is 1. The molecule has 4 rings (SSSR count). The number of hydrogen-bond donors (Lipinski definition) is 3. The fourth-order valence-electron chi connectivity index (χ4n) is 4.92. The van der Waals surface area contributed by atoms with E-state index < -0.39 is 11.9 Å². The summed E-state index contributed by atoms with van der Waals surface area (Å²) in [6.45, 7) is 4.73. The van der Waals surface area contributed by atoms with E-state index in [9.17, 15) is 19.5 Å². The Hall–Kier alpha value is -2.44. The van der Waals surface area contributed by atoms with Gasteiger partial charge in [-0.1, -0.05) is 12.1 Å². The standard InChI is InChI=1S/C20H29N7O4S/c1-9-15-14(10(2)26-8-11(6-21)23-24-26)19(29)27(15)16(20(30)31)17(9)32-12-5-13(22-7-12)18(28)25(3)4/h8-10,12-15,22H,5-7,21H2,1-4H3,(H,30,31)/t9-,10-,12+,13+,14-,15-/m1/s1. The second-order valence-corrected chi connectivity index (χ2v) is 10.2. The summed E-state index contributed by atoms with van der Waals surface area (Å²) < 4.78 is 1.64. The normalized spacial score (nSPS) is 30.3. The third-order valence-electron chi connectivity index (χ3n) is 6.62. The first-order valence-corrected chi connectivity index (χ1v) is 11.6.